The van der Waals surface area contributed by atoms with Crippen LogP contribution in [0, 0.1) is 30.5 Å². The Hall–Kier alpha value is -0.890. The number of aryl methyl sites for hydroxylation is 1. The van der Waals surface area contributed by atoms with Crippen LogP contribution < -0.4 is 5.32 Å². The molecule has 1 aromatic carbocycles. The standard InChI is InChI=1S/C16H22FN/c1-10-7-8-11(17)9-14(10)16(18-2)15-12-5-3-4-6-13(12)15/h7-9,12-13,15-16,18H,3-6H2,1-2H3. The molecular weight excluding hydrogens is 225 g/mol. The van der Waals surface area contributed by atoms with Gasteiger partial charge in [0.2, 0.25) is 0 Å². The molecule has 98 valence electrons. The zero-order valence-corrected chi connectivity index (χ0v) is 11.2. The summed E-state index contributed by atoms with van der Waals surface area (Å²) in [6.45, 7) is 2.09. The molecule has 0 amide bonds. The van der Waals surface area contributed by atoms with Crippen LogP contribution in [-0.4, -0.2) is 7.05 Å². The fourth-order valence-electron chi connectivity index (χ4n) is 4.04. The molecule has 2 fully saturated rings. The Morgan fingerprint density at radius 1 is 1.22 bits per heavy atom. The van der Waals surface area contributed by atoms with Crippen molar-refractivity contribution in [3.05, 3.63) is 35.1 Å². The van der Waals surface area contributed by atoms with Gasteiger partial charge in [-0.05, 0) is 67.8 Å². The molecule has 18 heavy (non-hydrogen) atoms. The second-order valence-electron chi connectivity index (χ2n) is 5.96. The van der Waals surface area contributed by atoms with Crippen molar-refractivity contribution in [3.8, 4) is 0 Å². The van der Waals surface area contributed by atoms with Gasteiger partial charge in [0.15, 0.2) is 0 Å². The maximum atomic E-state index is 13.5. The lowest BCUT2D eigenvalue weighted by Crippen LogP contribution is -2.21. The normalized spacial score (nSPS) is 31.8. The van der Waals surface area contributed by atoms with Crippen LogP contribution in [0.5, 0.6) is 0 Å². The average Bonchev–Trinajstić information content (AvgIpc) is 3.09. The van der Waals surface area contributed by atoms with Crippen LogP contribution in [0.4, 0.5) is 4.39 Å². The van der Waals surface area contributed by atoms with Crippen molar-refractivity contribution in [1.29, 1.82) is 0 Å². The Morgan fingerprint density at radius 2 is 1.89 bits per heavy atom. The highest BCUT2D eigenvalue weighted by atomic mass is 19.1. The maximum Gasteiger partial charge on any atom is 0.123 e. The van der Waals surface area contributed by atoms with Gasteiger partial charge >= 0.3 is 0 Å². The minimum atomic E-state index is -0.112. The Kier molecular flexibility index (Phi) is 3.14. The molecule has 2 saturated carbocycles. The van der Waals surface area contributed by atoms with E-state index in [1.54, 1.807) is 12.1 Å². The van der Waals surface area contributed by atoms with Crippen molar-refractivity contribution in [2.75, 3.05) is 7.05 Å². The van der Waals surface area contributed by atoms with Crippen LogP contribution in [-0.2, 0) is 0 Å². The zero-order valence-electron chi connectivity index (χ0n) is 11.2. The Balaban J connectivity index is 1.86. The molecule has 0 radical (unpaired) electrons. The summed E-state index contributed by atoms with van der Waals surface area (Å²) in [5, 5.41) is 3.44. The van der Waals surface area contributed by atoms with Gasteiger partial charge in [0.25, 0.3) is 0 Å². The van der Waals surface area contributed by atoms with Crippen molar-refractivity contribution >= 4 is 0 Å². The minimum Gasteiger partial charge on any atom is -0.313 e. The van der Waals surface area contributed by atoms with E-state index >= 15 is 0 Å². The van der Waals surface area contributed by atoms with Gasteiger partial charge in [0.1, 0.15) is 5.82 Å². The summed E-state index contributed by atoms with van der Waals surface area (Å²) in [6, 6.07) is 5.53. The molecule has 2 heteroatoms. The number of hydrogen-bond acceptors (Lipinski definition) is 1. The molecule has 0 heterocycles. The number of nitrogens with one attached hydrogen (secondary N) is 1. The molecule has 0 bridgehead atoms. The molecule has 0 aromatic heterocycles. The lowest BCUT2D eigenvalue weighted by Gasteiger charge is -2.19. The van der Waals surface area contributed by atoms with E-state index in [2.05, 4.69) is 12.2 Å². The molecule has 3 rings (SSSR count). The van der Waals surface area contributed by atoms with Crippen LogP contribution >= 0.6 is 0 Å². The van der Waals surface area contributed by atoms with E-state index in [-0.39, 0.29) is 5.82 Å². The number of halogens is 1. The predicted molar refractivity (Wildman–Crippen MR) is 71.9 cm³/mol. The third-order valence-corrected chi connectivity index (χ3v) is 4.99. The van der Waals surface area contributed by atoms with Gasteiger partial charge in [-0.1, -0.05) is 18.9 Å². The molecule has 0 aliphatic heterocycles. The lowest BCUT2D eigenvalue weighted by molar-refractivity contribution is 0.476. The van der Waals surface area contributed by atoms with E-state index in [1.165, 1.54) is 31.2 Å². The summed E-state index contributed by atoms with van der Waals surface area (Å²) in [4.78, 5) is 0. The SMILES string of the molecule is CNC(c1cc(F)ccc1C)C1C2CCCCC21. The summed E-state index contributed by atoms with van der Waals surface area (Å²) in [5.74, 6) is 2.40. The van der Waals surface area contributed by atoms with E-state index < -0.39 is 0 Å². The highest BCUT2D eigenvalue weighted by molar-refractivity contribution is 5.32. The van der Waals surface area contributed by atoms with Gasteiger partial charge < -0.3 is 5.32 Å². The number of rotatable bonds is 3. The first-order valence-corrected chi connectivity index (χ1v) is 7.15. The number of hydrogen-bond donors (Lipinski definition) is 1. The average molecular weight is 247 g/mol. The van der Waals surface area contributed by atoms with Crippen molar-refractivity contribution in [2.24, 2.45) is 17.8 Å². The summed E-state index contributed by atoms with van der Waals surface area (Å²) in [7, 11) is 2.01. The Labute approximate surface area is 109 Å². The molecule has 1 aromatic rings. The quantitative estimate of drug-likeness (QED) is 0.856. The summed E-state index contributed by atoms with van der Waals surface area (Å²) < 4.78 is 13.5. The topological polar surface area (TPSA) is 12.0 Å². The zero-order chi connectivity index (χ0) is 12.7. The van der Waals surface area contributed by atoms with Crippen LogP contribution in [0.2, 0.25) is 0 Å². The van der Waals surface area contributed by atoms with E-state index in [1.807, 2.05) is 13.1 Å². The Bertz CT molecular complexity index is 431. The van der Waals surface area contributed by atoms with Crippen LogP contribution in [0.3, 0.4) is 0 Å². The van der Waals surface area contributed by atoms with Crippen LogP contribution in [0.15, 0.2) is 18.2 Å². The molecule has 0 spiro atoms. The third kappa shape index (κ3) is 1.97. The van der Waals surface area contributed by atoms with Crippen molar-refractivity contribution in [2.45, 2.75) is 38.6 Å². The highest BCUT2D eigenvalue weighted by Gasteiger charge is 2.54. The molecule has 3 unspecified atom stereocenters. The van der Waals surface area contributed by atoms with Crippen molar-refractivity contribution in [1.82, 2.24) is 5.32 Å². The lowest BCUT2D eigenvalue weighted by atomic mass is 9.95. The molecule has 1 nitrogen and oxygen atoms in total. The van der Waals surface area contributed by atoms with Gasteiger partial charge in [-0.2, -0.15) is 0 Å². The number of benzene rings is 1. The van der Waals surface area contributed by atoms with E-state index in [9.17, 15) is 4.39 Å². The smallest absolute Gasteiger partial charge is 0.123 e. The largest absolute Gasteiger partial charge is 0.313 e. The Morgan fingerprint density at radius 3 is 2.50 bits per heavy atom. The van der Waals surface area contributed by atoms with E-state index in [0.29, 0.717) is 6.04 Å². The van der Waals surface area contributed by atoms with E-state index in [0.717, 1.165) is 23.3 Å². The summed E-state index contributed by atoms with van der Waals surface area (Å²) in [5.41, 5.74) is 2.37. The number of fused-ring (bicyclic) bond motifs is 1. The summed E-state index contributed by atoms with van der Waals surface area (Å²) in [6.07, 6.45) is 5.52. The second kappa shape index (κ2) is 4.65. The molecular formula is C16H22FN. The van der Waals surface area contributed by atoms with E-state index in [4.69, 9.17) is 0 Å². The van der Waals surface area contributed by atoms with Crippen LogP contribution in [0.1, 0.15) is 42.9 Å². The summed E-state index contributed by atoms with van der Waals surface area (Å²) >= 11 is 0. The monoisotopic (exact) mass is 247 g/mol. The van der Waals surface area contributed by atoms with Gasteiger partial charge in [-0.25, -0.2) is 4.39 Å². The predicted octanol–water partition coefficient (Wildman–Crippen LogP) is 3.83. The second-order valence-corrected chi connectivity index (χ2v) is 5.96. The molecule has 2 aliphatic carbocycles. The van der Waals surface area contributed by atoms with Gasteiger partial charge in [0.05, 0.1) is 0 Å². The molecule has 2 aliphatic rings. The van der Waals surface area contributed by atoms with Gasteiger partial charge in [0, 0.05) is 6.04 Å². The van der Waals surface area contributed by atoms with Crippen LogP contribution in [0.25, 0.3) is 0 Å². The fourth-order valence-corrected chi connectivity index (χ4v) is 4.04. The van der Waals surface area contributed by atoms with Crippen molar-refractivity contribution < 1.29 is 4.39 Å². The molecule has 1 N–H and O–H groups in total. The van der Waals surface area contributed by atoms with Gasteiger partial charge in [-0.15, -0.1) is 0 Å². The maximum absolute atomic E-state index is 13.5. The minimum absolute atomic E-state index is 0.112. The first kappa shape index (κ1) is 12.2. The fraction of sp³-hybridized carbons (Fsp3) is 0.625. The van der Waals surface area contributed by atoms with Gasteiger partial charge in [-0.3, -0.25) is 0 Å². The first-order valence-electron chi connectivity index (χ1n) is 7.15. The molecule has 0 saturated heterocycles. The first-order chi connectivity index (χ1) is 8.72. The van der Waals surface area contributed by atoms with Crippen molar-refractivity contribution in [3.63, 3.8) is 0 Å². The molecule has 3 atom stereocenters. The third-order valence-electron chi connectivity index (χ3n) is 4.99. The highest BCUT2D eigenvalue weighted by Crippen LogP contribution is 2.60.